The predicted octanol–water partition coefficient (Wildman–Crippen LogP) is 4.56. The van der Waals surface area contributed by atoms with Crippen LogP contribution in [0.4, 0.5) is 4.39 Å². The molecule has 3 heteroatoms. The minimum absolute atomic E-state index is 0.184. The SMILES string of the molecule is CC(C)CC1(c2nc3ccc(F)cc3[nH]2)CCCC1. The average molecular weight is 260 g/mol. The molecule has 1 aliphatic rings. The van der Waals surface area contributed by atoms with Crippen molar-refractivity contribution in [1.82, 2.24) is 9.97 Å². The predicted molar refractivity (Wildman–Crippen MR) is 75.7 cm³/mol. The highest BCUT2D eigenvalue weighted by Gasteiger charge is 2.38. The van der Waals surface area contributed by atoms with E-state index in [1.165, 1.54) is 31.7 Å². The van der Waals surface area contributed by atoms with Gasteiger partial charge < -0.3 is 4.98 Å². The minimum atomic E-state index is -0.202. The van der Waals surface area contributed by atoms with Gasteiger partial charge in [-0.05, 0) is 43.4 Å². The lowest BCUT2D eigenvalue weighted by atomic mass is 9.78. The summed E-state index contributed by atoms with van der Waals surface area (Å²) in [5, 5.41) is 0. The highest BCUT2D eigenvalue weighted by atomic mass is 19.1. The van der Waals surface area contributed by atoms with Crippen LogP contribution >= 0.6 is 0 Å². The molecule has 1 heterocycles. The second-order valence-electron chi connectivity index (χ2n) is 6.33. The van der Waals surface area contributed by atoms with Gasteiger partial charge in [-0.2, -0.15) is 0 Å². The summed E-state index contributed by atoms with van der Waals surface area (Å²) in [5.41, 5.74) is 1.89. The number of benzene rings is 1. The molecular weight excluding hydrogens is 239 g/mol. The van der Waals surface area contributed by atoms with Gasteiger partial charge in [0.15, 0.2) is 0 Å². The van der Waals surface area contributed by atoms with Crippen LogP contribution in [-0.4, -0.2) is 9.97 Å². The molecule has 0 amide bonds. The molecule has 2 aromatic rings. The van der Waals surface area contributed by atoms with Crippen LogP contribution in [0.3, 0.4) is 0 Å². The van der Waals surface area contributed by atoms with E-state index in [2.05, 4.69) is 18.8 Å². The van der Waals surface area contributed by atoms with E-state index >= 15 is 0 Å². The first-order valence-corrected chi connectivity index (χ1v) is 7.25. The fourth-order valence-corrected chi connectivity index (χ4v) is 3.60. The molecule has 0 aliphatic heterocycles. The summed E-state index contributed by atoms with van der Waals surface area (Å²) in [6.45, 7) is 4.53. The fourth-order valence-electron chi connectivity index (χ4n) is 3.60. The molecule has 1 aromatic carbocycles. The van der Waals surface area contributed by atoms with Gasteiger partial charge in [0, 0.05) is 5.41 Å². The molecule has 19 heavy (non-hydrogen) atoms. The average Bonchev–Trinajstić information content (AvgIpc) is 2.94. The largest absolute Gasteiger partial charge is 0.341 e. The van der Waals surface area contributed by atoms with Gasteiger partial charge in [-0.1, -0.05) is 26.7 Å². The number of aromatic amines is 1. The van der Waals surface area contributed by atoms with E-state index in [1.54, 1.807) is 12.1 Å². The molecule has 102 valence electrons. The van der Waals surface area contributed by atoms with Crippen molar-refractivity contribution in [3.05, 3.63) is 29.8 Å². The van der Waals surface area contributed by atoms with Crippen LogP contribution in [-0.2, 0) is 5.41 Å². The number of hydrogen-bond donors (Lipinski definition) is 1. The highest BCUT2D eigenvalue weighted by molar-refractivity contribution is 5.75. The third-order valence-electron chi connectivity index (χ3n) is 4.31. The highest BCUT2D eigenvalue weighted by Crippen LogP contribution is 2.44. The molecule has 3 rings (SSSR count). The van der Waals surface area contributed by atoms with E-state index in [1.807, 2.05) is 0 Å². The number of rotatable bonds is 3. The first-order chi connectivity index (χ1) is 9.09. The van der Waals surface area contributed by atoms with E-state index in [9.17, 15) is 4.39 Å². The Labute approximate surface area is 113 Å². The first-order valence-electron chi connectivity index (χ1n) is 7.25. The Kier molecular flexibility index (Phi) is 3.08. The maximum Gasteiger partial charge on any atom is 0.125 e. The maximum atomic E-state index is 13.3. The lowest BCUT2D eigenvalue weighted by Crippen LogP contribution is -2.25. The number of halogens is 1. The van der Waals surface area contributed by atoms with Gasteiger partial charge in [0.2, 0.25) is 0 Å². The van der Waals surface area contributed by atoms with Gasteiger partial charge in [0.25, 0.3) is 0 Å². The second kappa shape index (κ2) is 4.62. The maximum absolute atomic E-state index is 13.3. The van der Waals surface area contributed by atoms with Crippen LogP contribution in [0, 0.1) is 11.7 Å². The Balaban J connectivity index is 2.05. The van der Waals surface area contributed by atoms with Crippen molar-refractivity contribution in [1.29, 1.82) is 0 Å². The van der Waals surface area contributed by atoms with Crippen molar-refractivity contribution < 1.29 is 4.39 Å². The Bertz CT molecular complexity index is 579. The van der Waals surface area contributed by atoms with E-state index in [-0.39, 0.29) is 11.2 Å². The summed E-state index contributed by atoms with van der Waals surface area (Å²) in [4.78, 5) is 8.11. The zero-order valence-electron chi connectivity index (χ0n) is 11.7. The van der Waals surface area contributed by atoms with Crippen LogP contribution in [0.5, 0.6) is 0 Å². The molecule has 2 nitrogen and oxygen atoms in total. The van der Waals surface area contributed by atoms with Crippen molar-refractivity contribution in [3.63, 3.8) is 0 Å². The van der Waals surface area contributed by atoms with Crippen molar-refractivity contribution in [2.45, 2.75) is 51.4 Å². The van der Waals surface area contributed by atoms with Crippen LogP contribution in [0.1, 0.15) is 51.8 Å². The van der Waals surface area contributed by atoms with Crippen LogP contribution in [0.15, 0.2) is 18.2 Å². The first kappa shape index (κ1) is 12.6. The summed E-state index contributed by atoms with van der Waals surface area (Å²) in [6.07, 6.45) is 6.12. The molecule has 1 aromatic heterocycles. The van der Waals surface area contributed by atoms with Gasteiger partial charge in [0.1, 0.15) is 11.6 Å². The molecule has 0 saturated heterocycles. The molecule has 0 unspecified atom stereocenters. The molecule has 0 spiro atoms. The van der Waals surface area contributed by atoms with Gasteiger partial charge in [0.05, 0.1) is 11.0 Å². The van der Waals surface area contributed by atoms with Gasteiger partial charge in [-0.3, -0.25) is 0 Å². The molecule has 1 aliphatic carbocycles. The molecule has 0 radical (unpaired) electrons. The quantitative estimate of drug-likeness (QED) is 0.861. The standard InChI is InChI=1S/C16H21FN2/c1-11(2)10-16(7-3-4-8-16)15-18-13-6-5-12(17)9-14(13)19-15/h5-6,9,11H,3-4,7-8,10H2,1-2H3,(H,18,19). The zero-order valence-corrected chi connectivity index (χ0v) is 11.7. The number of H-pyrrole nitrogens is 1. The summed E-state index contributed by atoms with van der Waals surface area (Å²) in [6, 6.07) is 4.79. The van der Waals surface area contributed by atoms with Gasteiger partial charge >= 0.3 is 0 Å². The Hall–Kier alpha value is -1.38. The molecule has 0 bridgehead atoms. The smallest absolute Gasteiger partial charge is 0.125 e. The molecular formula is C16H21FN2. The van der Waals surface area contributed by atoms with Crippen LogP contribution in [0.2, 0.25) is 0 Å². The van der Waals surface area contributed by atoms with Crippen LogP contribution < -0.4 is 0 Å². The van der Waals surface area contributed by atoms with Crippen molar-refractivity contribution in [2.24, 2.45) is 5.92 Å². The van der Waals surface area contributed by atoms with E-state index in [0.29, 0.717) is 5.92 Å². The number of nitrogens with zero attached hydrogens (tertiary/aromatic N) is 1. The second-order valence-corrected chi connectivity index (χ2v) is 6.33. The van der Waals surface area contributed by atoms with Crippen LogP contribution in [0.25, 0.3) is 11.0 Å². The lowest BCUT2D eigenvalue weighted by Gasteiger charge is -2.28. The van der Waals surface area contributed by atoms with Gasteiger partial charge in [-0.15, -0.1) is 0 Å². The van der Waals surface area contributed by atoms with E-state index in [4.69, 9.17) is 4.98 Å². The Morgan fingerprint density at radius 2 is 2.05 bits per heavy atom. The van der Waals surface area contributed by atoms with E-state index in [0.717, 1.165) is 23.3 Å². The van der Waals surface area contributed by atoms with Crippen molar-refractivity contribution >= 4 is 11.0 Å². The summed E-state index contributed by atoms with van der Waals surface area (Å²) >= 11 is 0. The third-order valence-corrected chi connectivity index (χ3v) is 4.31. The summed E-state index contributed by atoms with van der Waals surface area (Å²) in [7, 11) is 0. The van der Waals surface area contributed by atoms with E-state index < -0.39 is 0 Å². The van der Waals surface area contributed by atoms with Crippen molar-refractivity contribution in [3.8, 4) is 0 Å². The number of nitrogens with one attached hydrogen (secondary N) is 1. The molecule has 1 N–H and O–H groups in total. The topological polar surface area (TPSA) is 28.7 Å². The Morgan fingerprint density at radius 1 is 1.32 bits per heavy atom. The Morgan fingerprint density at radius 3 is 2.74 bits per heavy atom. The van der Waals surface area contributed by atoms with Crippen molar-refractivity contribution in [2.75, 3.05) is 0 Å². The lowest BCUT2D eigenvalue weighted by molar-refractivity contribution is 0.332. The molecule has 0 atom stereocenters. The summed E-state index contributed by atoms with van der Waals surface area (Å²) in [5.74, 6) is 1.52. The fraction of sp³-hybridized carbons (Fsp3) is 0.562. The number of fused-ring (bicyclic) bond motifs is 1. The zero-order chi connectivity index (χ0) is 13.5. The van der Waals surface area contributed by atoms with Gasteiger partial charge in [-0.25, -0.2) is 9.37 Å². The number of hydrogen-bond acceptors (Lipinski definition) is 1. The monoisotopic (exact) mass is 260 g/mol. The normalized spacial score (nSPS) is 18.5. The number of imidazole rings is 1. The molecule has 1 fully saturated rings. The number of aromatic nitrogens is 2. The minimum Gasteiger partial charge on any atom is -0.341 e. The third kappa shape index (κ3) is 2.26. The molecule has 1 saturated carbocycles. The summed E-state index contributed by atoms with van der Waals surface area (Å²) < 4.78 is 13.3.